The van der Waals surface area contributed by atoms with E-state index in [1.165, 1.54) is 0 Å². The van der Waals surface area contributed by atoms with Crippen LogP contribution in [-0.2, 0) is 19.3 Å². The fourth-order valence-electron chi connectivity index (χ4n) is 2.04. The Morgan fingerprint density at radius 2 is 2.24 bits per heavy atom. The number of hydrogen-bond acceptors (Lipinski definition) is 5. The van der Waals surface area contributed by atoms with Crippen molar-refractivity contribution in [2.24, 2.45) is 0 Å². The molecule has 0 amide bonds. The van der Waals surface area contributed by atoms with Gasteiger partial charge in [0.2, 0.25) is 0 Å². The van der Waals surface area contributed by atoms with Crippen molar-refractivity contribution in [2.75, 3.05) is 33.4 Å². The van der Waals surface area contributed by atoms with Crippen LogP contribution in [-0.4, -0.2) is 58.4 Å². The van der Waals surface area contributed by atoms with Gasteiger partial charge in [-0.05, 0) is 20.3 Å². The second-order valence-corrected chi connectivity index (χ2v) is 7.09. The van der Waals surface area contributed by atoms with Gasteiger partial charge in [-0.25, -0.2) is 8.42 Å². The molecule has 0 aromatic carbocycles. The standard InChI is InChI=1S/C11H23NO4S/c1-9(8-12-5-7-15-3)17(13,14)11-4-6-16-10(11)2/h9-12H,4-8H2,1-3H3. The molecular weight excluding hydrogens is 242 g/mol. The fourth-order valence-corrected chi connectivity index (χ4v) is 4.02. The van der Waals surface area contributed by atoms with E-state index in [4.69, 9.17) is 9.47 Å². The molecule has 1 aliphatic rings. The predicted molar refractivity (Wildman–Crippen MR) is 66.9 cm³/mol. The van der Waals surface area contributed by atoms with Gasteiger partial charge >= 0.3 is 0 Å². The summed E-state index contributed by atoms with van der Waals surface area (Å²) < 4.78 is 34.7. The van der Waals surface area contributed by atoms with Gasteiger partial charge in [0.25, 0.3) is 0 Å². The second-order valence-electron chi connectivity index (χ2n) is 4.50. The largest absolute Gasteiger partial charge is 0.383 e. The van der Waals surface area contributed by atoms with Crippen LogP contribution < -0.4 is 5.32 Å². The van der Waals surface area contributed by atoms with Gasteiger partial charge in [-0.3, -0.25) is 0 Å². The van der Waals surface area contributed by atoms with Crippen LogP contribution in [0.5, 0.6) is 0 Å². The Morgan fingerprint density at radius 3 is 2.76 bits per heavy atom. The zero-order chi connectivity index (χ0) is 12.9. The maximum absolute atomic E-state index is 12.3. The van der Waals surface area contributed by atoms with Crippen LogP contribution in [0.2, 0.25) is 0 Å². The molecule has 0 aliphatic carbocycles. The highest BCUT2D eigenvalue weighted by Crippen LogP contribution is 2.23. The lowest BCUT2D eigenvalue weighted by molar-refractivity contribution is 0.126. The number of ether oxygens (including phenoxy) is 2. The van der Waals surface area contributed by atoms with Gasteiger partial charge in [0.1, 0.15) is 0 Å². The third-order valence-electron chi connectivity index (χ3n) is 3.20. The van der Waals surface area contributed by atoms with Gasteiger partial charge in [-0.2, -0.15) is 0 Å². The minimum absolute atomic E-state index is 0.179. The summed E-state index contributed by atoms with van der Waals surface area (Å²) in [6.45, 7) is 5.87. The molecule has 1 heterocycles. The Hall–Kier alpha value is -0.170. The topological polar surface area (TPSA) is 64.6 Å². The molecule has 0 spiro atoms. The van der Waals surface area contributed by atoms with Crippen molar-refractivity contribution < 1.29 is 17.9 Å². The first-order chi connectivity index (χ1) is 8.00. The van der Waals surface area contributed by atoms with E-state index in [9.17, 15) is 8.42 Å². The number of sulfone groups is 1. The zero-order valence-electron chi connectivity index (χ0n) is 10.8. The van der Waals surface area contributed by atoms with Crippen molar-refractivity contribution in [1.82, 2.24) is 5.32 Å². The quantitative estimate of drug-likeness (QED) is 0.666. The number of hydrogen-bond donors (Lipinski definition) is 1. The first-order valence-corrected chi connectivity index (χ1v) is 7.65. The summed E-state index contributed by atoms with van der Waals surface area (Å²) >= 11 is 0. The Bertz CT molecular complexity index is 317. The highest BCUT2D eigenvalue weighted by Gasteiger charge is 2.38. The normalized spacial score (nSPS) is 27.2. The Balaban J connectivity index is 2.46. The van der Waals surface area contributed by atoms with Crippen molar-refractivity contribution in [2.45, 2.75) is 36.9 Å². The van der Waals surface area contributed by atoms with Crippen LogP contribution in [0.25, 0.3) is 0 Å². The van der Waals surface area contributed by atoms with Crippen molar-refractivity contribution in [3.8, 4) is 0 Å². The lowest BCUT2D eigenvalue weighted by Crippen LogP contribution is -2.40. The molecule has 1 aliphatic heterocycles. The molecule has 0 aromatic heterocycles. The third-order valence-corrected chi connectivity index (χ3v) is 5.96. The minimum atomic E-state index is -3.10. The Morgan fingerprint density at radius 1 is 1.53 bits per heavy atom. The molecule has 1 fully saturated rings. The first-order valence-electron chi connectivity index (χ1n) is 6.04. The van der Waals surface area contributed by atoms with Gasteiger partial charge in [0.15, 0.2) is 9.84 Å². The molecule has 3 atom stereocenters. The first kappa shape index (κ1) is 14.9. The average molecular weight is 265 g/mol. The fraction of sp³-hybridized carbons (Fsp3) is 1.00. The Labute approximate surface area is 104 Å². The van der Waals surface area contributed by atoms with Gasteiger partial charge in [-0.15, -0.1) is 0 Å². The summed E-state index contributed by atoms with van der Waals surface area (Å²) in [5, 5.41) is 2.36. The summed E-state index contributed by atoms with van der Waals surface area (Å²) in [5.41, 5.74) is 0. The summed E-state index contributed by atoms with van der Waals surface area (Å²) in [7, 11) is -1.48. The van der Waals surface area contributed by atoms with Crippen molar-refractivity contribution in [3.05, 3.63) is 0 Å². The summed E-state index contributed by atoms with van der Waals surface area (Å²) in [6, 6.07) is 0. The molecule has 1 rings (SSSR count). The predicted octanol–water partition coefficient (Wildman–Crippen LogP) is 0.203. The molecule has 0 radical (unpaired) electrons. The summed E-state index contributed by atoms with van der Waals surface area (Å²) in [4.78, 5) is 0. The average Bonchev–Trinajstić information content (AvgIpc) is 2.71. The smallest absolute Gasteiger partial charge is 0.159 e. The van der Waals surface area contributed by atoms with E-state index in [0.29, 0.717) is 32.7 Å². The van der Waals surface area contributed by atoms with Crippen LogP contribution in [0.4, 0.5) is 0 Å². The number of rotatable bonds is 7. The summed E-state index contributed by atoms with van der Waals surface area (Å²) in [5.74, 6) is 0. The molecule has 5 nitrogen and oxygen atoms in total. The lowest BCUT2D eigenvalue weighted by atomic mass is 10.3. The number of nitrogens with one attached hydrogen (secondary N) is 1. The highest BCUT2D eigenvalue weighted by atomic mass is 32.2. The van der Waals surface area contributed by atoms with Gasteiger partial charge < -0.3 is 14.8 Å². The van der Waals surface area contributed by atoms with E-state index < -0.39 is 9.84 Å². The van der Waals surface area contributed by atoms with E-state index in [2.05, 4.69) is 5.32 Å². The van der Waals surface area contributed by atoms with E-state index in [0.717, 1.165) is 0 Å². The van der Waals surface area contributed by atoms with E-state index in [1.54, 1.807) is 14.0 Å². The van der Waals surface area contributed by atoms with Crippen molar-refractivity contribution in [1.29, 1.82) is 0 Å². The van der Waals surface area contributed by atoms with Gasteiger partial charge in [0.05, 0.1) is 23.2 Å². The molecule has 0 aromatic rings. The molecule has 6 heteroatoms. The maximum atomic E-state index is 12.3. The third kappa shape index (κ3) is 3.91. The molecule has 1 saturated heterocycles. The highest BCUT2D eigenvalue weighted by molar-refractivity contribution is 7.92. The van der Waals surface area contributed by atoms with Crippen LogP contribution in [0.15, 0.2) is 0 Å². The van der Waals surface area contributed by atoms with Gasteiger partial charge in [-0.1, -0.05) is 0 Å². The van der Waals surface area contributed by atoms with Crippen LogP contribution in [0.1, 0.15) is 20.3 Å². The molecule has 1 N–H and O–H groups in total. The van der Waals surface area contributed by atoms with Crippen molar-refractivity contribution >= 4 is 9.84 Å². The molecule has 102 valence electrons. The van der Waals surface area contributed by atoms with E-state index in [1.807, 2.05) is 6.92 Å². The molecule has 0 saturated carbocycles. The van der Waals surface area contributed by atoms with E-state index in [-0.39, 0.29) is 16.6 Å². The van der Waals surface area contributed by atoms with Crippen molar-refractivity contribution in [3.63, 3.8) is 0 Å². The second kappa shape index (κ2) is 6.68. The molecule has 17 heavy (non-hydrogen) atoms. The van der Waals surface area contributed by atoms with Crippen LogP contribution in [0, 0.1) is 0 Å². The molecular formula is C11H23NO4S. The zero-order valence-corrected chi connectivity index (χ0v) is 11.6. The van der Waals surface area contributed by atoms with E-state index >= 15 is 0 Å². The lowest BCUT2D eigenvalue weighted by Gasteiger charge is -2.20. The molecule has 3 unspecified atom stereocenters. The van der Waals surface area contributed by atoms with Gasteiger partial charge in [0, 0.05) is 26.8 Å². The SMILES string of the molecule is COCCNCC(C)S(=O)(=O)C1CCOC1C. The summed E-state index contributed by atoms with van der Waals surface area (Å²) in [6.07, 6.45) is 0.438. The minimum Gasteiger partial charge on any atom is -0.383 e. The molecule has 0 bridgehead atoms. The number of methoxy groups -OCH3 is 1. The van der Waals surface area contributed by atoms with Crippen LogP contribution >= 0.6 is 0 Å². The Kier molecular flexibility index (Phi) is 5.85. The monoisotopic (exact) mass is 265 g/mol. The van der Waals surface area contributed by atoms with Crippen LogP contribution in [0.3, 0.4) is 0 Å². The maximum Gasteiger partial charge on any atom is 0.159 e.